The quantitative estimate of drug-likeness (QED) is 0.779. The number of esters is 1. The molecule has 18 heavy (non-hydrogen) atoms. The summed E-state index contributed by atoms with van der Waals surface area (Å²) in [7, 11) is 1.31. The fraction of sp³-hybridized carbons (Fsp3) is 0.462. The van der Waals surface area contributed by atoms with Crippen molar-refractivity contribution in [2.45, 2.75) is 26.4 Å². The van der Waals surface area contributed by atoms with Crippen LogP contribution >= 0.6 is 15.9 Å². The van der Waals surface area contributed by atoms with Gasteiger partial charge in [0.1, 0.15) is 11.6 Å². The van der Waals surface area contributed by atoms with E-state index in [0.717, 1.165) is 0 Å². The van der Waals surface area contributed by atoms with E-state index in [4.69, 9.17) is 4.74 Å². The summed E-state index contributed by atoms with van der Waals surface area (Å²) in [6.45, 7) is 3.94. The molecule has 0 radical (unpaired) electrons. The fourth-order valence-corrected chi connectivity index (χ4v) is 1.81. The molecule has 3 nitrogen and oxygen atoms in total. The van der Waals surface area contributed by atoms with E-state index in [9.17, 15) is 9.18 Å². The highest BCUT2D eigenvalue weighted by Crippen LogP contribution is 2.27. The molecule has 0 unspecified atom stereocenters. The van der Waals surface area contributed by atoms with Gasteiger partial charge < -0.3 is 9.47 Å². The number of benzene rings is 1. The SMILES string of the molecule is COC(=O)[C@@H](CC(C)C)Oc1cc(F)ccc1Br. The molecule has 100 valence electrons. The number of ether oxygens (including phenoxy) is 2. The summed E-state index contributed by atoms with van der Waals surface area (Å²) in [6.07, 6.45) is -0.219. The van der Waals surface area contributed by atoms with Gasteiger partial charge in [-0.3, -0.25) is 0 Å². The lowest BCUT2D eigenvalue weighted by atomic mass is 10.1. The number of methoxy groups -OCH3 is 1. The van der Waals surface area contributed by atoms with Gasteiger partial charge in [0.15, 0.2) is 6.10 Å². The van der Waals surface area contributed by atoms with Crippen molar-refractivity contribution in [2.75, 3.05) is 7.11 Å². The molecule has 0 saturated carbocycles. The maximum Gasteiger partial charge on any atom is 0.347 e. The predicted molar refractivity (Wildman–Crippen MR) is 70.0 cm³/mol. The summed E-state index contributed by atoms with van der Waals surface area (Å²) in [4.78, 5) is 11.6. The summed E-state index contributed by atoms with van der Waals surface area (Å²) in [5.41, 5.74) is 0. The maximum absolute atomic E-state index is 13.1. The lowest BCUT2D eigenvalue weighted by Crippen LogP contribution is -2.30. The first-order chi connectivity index (χ1) is 8.43. The van der Waals surface area contributed by atoms with Crippen molar-refractivity contribution >= 4 is 21.9 Å². The van der Waals surface area contributed by atoms with E-state index in [0.29, 0.717) is 16.6 Å². The zero-order chi connectivity index (χ0) is 13.7. The van der Waals surface area contributed by atoms with Crippen molar-refractivity contribution in [3.63, 3.8) is 0 Å². The van der Waals surface area contributed by atoms with Crippen LogP contribution in [-0.4, -0.2) is 19.2 Å². The molecule has 0 saturated heterocycles. The minimum absolute atomic E-state index is 0.265. The van der Waals surface area contributed by atoms with E-state index < -0.39 is 17.9 Å². The Morgan fingerprint density at radius 3 is 2.67 bits per heavy atom. The number of hydrogen-bond acceptors (Lipinski definition) is 3. The molecule has 0 aromatic heterocycles. The Morgan fingerprint density at radius 1 is 1.44 bits per heavy atom. The number of carbonyl (C=O) groups excluding carboxylic acids is 1. The van der Waals surface area contributed by atoms with Crippen LogP contribution in [0.3, 0.4) is 0 Å². The number of carbonyl (C=O) groups is 1. The third-order valence-electron chi connectivity index (χ3n) is 2.31. The molecule has 0 fully saturated rings. The van der Waals surface area contributed by atoms with Gasteiger partial charge in [0.25, 0.3) is 0 Å². The zero-order valence-corrected chi connectivity index (χ0v) is 12.2. The molecular formula is C13H16BrFO3. The van der Waals surface area contributed by atoms with Gasteiger partial charge >= 0.3 is 5.97 Å². The molecule has 0 spiro atoms. The third-order valence-corrected chi connectivity index (χ3v) is 2.97. The lowest BCUT2D eigenvalue weighted by Gasteiger charge is -2.19. The summed E-state index contributed by atoms with van der Waals surface area (Å²) in [5, 5.41) is 0. The predicted octanol–water partition coefficient (Wildman–Crippen LogP) is 3.55. The zero-order valence-electron chi connectivity index (χ0n) is 10.6. The monoisotopic (exact) mass is 318 g/mol. The van der Waals surface area contributed by atoms with Crippen molar-refractivity contribution in [1.82, 2.24) is 0 Å². The second-order valence-corrected chi connectivity index (χ2v) is 5.19. The summed E-state index contributed by atoms with van der Waals surface area (Å²) in [6, 6.07) is 4.08. The van der Waals surface area contributed by atoms with Crippen LogP contribution in [0.1, 0.15) is 20.3 Å². The molecule has 0 N–H and O–H groups in total. The van der Waals surface area contributed by atoms with Crippen LogP contribution in [0.4, 0.5) is 4.39 Å². The third kappa shape index (κ3) is 4.29. The second-order valence-electron chi connectivity index (χ2n) is 4.33. The Labute approximate surface area is 114 Å². The Kier molecular flexibility index (Phi) is 5.59. The molecule has 1 aromatic rings. The standard InChI is InChI=1S/C13H16BrFO3/c1-8(2)6-12(13(16)17-3)18-11-7-9(15)4-5-10(11)14/h4-5,7-8,12H,6H2,1-3H3/t12-/m1/s1. The minimum atomic E-state index is -0.729. The van der Waals surface area contributed by atoms with Crippen molar-refractivity contribution in [1.29, 1.82) is 0 Å². The smallest absolute Gasteiger partial charge is 0.347 e. The maximum atomic E-state index is 13.1. The van der Waals surface area contributed by atoms with E-state index in [1.54, 1.807) is 0 Å². The normalized spacial score (nSPS) is 12.3. The van der Waals surface area contributed by atoms with Crippen LogP contribution in [0.25, 0.3) is 0 Å². The van der Waals surface area contributed by atoms with Gasteiger partial charge in [-0.2, -0.15) is 0 Å². The molecular weight excluding hydrogens is 303 g/mol. The van der Waals surface area contributed by atoms with Gasteiger partial charge in [0.05, 0.1) is 11.6 Å². The summed E-state index contributed by atoms with van der Waals surface area (Å²) >= 11 is 3.25. The Balaban J connectivity index is 2.88. The van der Waals surface area contributed by atoms with E-state index in [1.165, 1.54) is 25.3 Å². The number of hydrogen-bond donors (Lipinski definition) is 0. The highest BCUT2D eigenvalue weighted by molar-refractivity contribution is 9.10. The van der Waals surface area contributed by atoms with Gasteiger partial charge in [-0.15, -0.1) is 0 Å². The van der Waals surface area contributed by atoms with E-state index in [2.05, 4.69) is 20.7 Å². The van der Waals surface area contributed by atoms with Crippen LogP contribution in [-0.2, 0) is 9.53 Å². The lowest BCUT2D eigenvalue weighted by molar-refractivity contribution is -0.149. The molecule has 5 heteroatoms. The molecule has 1 aromatic carbocycles. The number of halogens is 2. The molecule has 0 aliphatic rings. The molecule has 0 heterocycles. The molecule has 0 aliphatic carbocycles. The average Bonchev–Trinajstić information content (AvgIpc) is 2.31. The van der Waals surface area contributed by atoms with Crippen molar-refractivity contribution < 1.29 is 18.7 Å². The Morgan fingerprint density at radius 2 is 2.11 bits per heavy atom. The Hall–Kier alpha value is -1.10. The fourth-order valence-electron chi connectivity index (χ4n) is 1.47. The van der Waals surface area contributed by atoms with Gasteiger partial charge in [0, 0.05) is 6.07 Å². The van der Waals surface area contributed by atoms with Crippen LogP contribution in [0.15, 0.2) is 22.7 Å². The van der Waals surface area contributed by atoms with Gasteiger partial charge in [-0.05, 0) is 40.4 Å². The summed E-state index contributed by atoms with van der Waals surface area (Å²) < 4.78 is 23.9. The highest BCUT2D eigenvalue weighted by atomic mass is 79.9. The first-order valence-corrected chi connectivity index (χ1v) is 6.43. The van der Waals surface area contributed by atoms with Crippen LogP contribution in [0.2, 0.25) is 0 Å². The van der Waals surface area contributed by atoms with Crippen LogP contribution < -0.4 is 4.74 Å². The van der Waals surface area contributed by atoms with Crippen LogP contribution in [0.5, 0.6) is 5.75 Å². The van der Waals surface area contributed by atoms with Crippen molar-refractivity contribution in [3.8, 4) is 5.75 Å². The molecule has 1 atom stereocenters. The Bertz CT molecular complexity index is 421. The summed E-state index contributed by atoms with van der Waals surface area (Å²) in [5.74, 6) is -0.311. The first kappa shape index (κ1) is 15.0. The highest BCUT2D eigenvalue weighted by Gasteiger charge is 2.23. The average molecular weight is 319 g/mol. The van der Waals surface area contributed by atoms with Gasteiger partial charge in [-0.25, -0.2) is 9.18 Å². The van der Waals surface area contributed by atoms with E-state index >= 15 is 0 Å². The molecule has 0 aliphatic heterocycles. The van der Waals surface area contributed by atoms with E-state index in [1.807, 2.05) is 13.8 Å². The van der Waals surface area contributed by atoms with Crippen molar-refractivity contribution in [2.24, 2.45) is 5.92 Å². The second kappa shape index (κ2) is 6.73. The molecule has 0 amide bonds. The minimum Gasteiger partial charge on any atom is -0.477 e. The first-order valence-electron chi connectivity index (χ1n) is 5.63. The van der Waals surface area contributed by atoms with Gasteiger partial charge in [-0.1, -0.05) is 13.8 Å². The largest absolute Gasteiger partial charge is 0.477 e. The molecule has 1 rings (SSSR count). The van der Waals surface area contributed by atoms with E-state index in [-0.39, 0.29) is 5.92 Å². The van der Waals surface area contributed by atoms with Crippen molar-refractivity contribution in [3.05, 3.63) is 28.5 Å². The topological polar surface area (TPSA) is 35.5 Å². The van der Waals surface area contributed by atoms with Crippen LogP contribution in [0, 0.1) is 11.7 Å². The molecule has 0 bridgehead atoms. The van der Waals surface area contributed by atoms with Gasteiger partial charge in [0.2, 0.25) is 0 Å². The number of rotatable bonds is 5.